The summed E-state index contributed by atoms with van der Waals surface area (Å²) in [5.41, 5.74) is 1.86. The van der Waals surface area contributed by atoms with E-state index in [1.807, 2.05) is 30.3 Å². The molecule has 0 bridgehead atoms. The van der Waals surface area contributed by atoms with Crippen molar-refractivity contribution in [1.82, 2.24) is 0 Å². The molecule has 21 heavy (non-hydrogen) atoms. The number of hydrogen-bond donors (Lipinski definition) is 1. The first-order valence-electron chi connectivity index (χ1n) is 6.47. The van der Waals surface area contributed by atoms with E-state index in [4.69, 9.17) is 9.52 Å². The Balaban J connectivity index is 2.13. The summed E-state index contributed by atoms with van der Waals surface area (Å²) in [5.74, 6) is -0.919. The zero-order valence-corrected chi connectivity index (χ0v) is 11.1. The topological polar surface area (TPSA) is 67.5 Å². The van der Waals surface area contributed by atoms with Gasteiger partial charge in [0.1, 0.15) is 5.58 Å². The number of carbonyl (C=O) groups is 1. The Labute approximate surface area is 120 Å². The molecule has 2 aromatic carbocycles. The van der Waals surface area contributed by atoms with Crippen molar-refractivity contribution in [3.8, 4) is 11.1 Å². The highest BCUT2D eigenvalue weighted by atomic mass is 16.4. The van der Waals surface area contributed by atoms with Gasteiger partial charge in [0, 0.05) is 5.39 Å². The summed E-state index contributed by atoms with van der Waals surface area (Å²) in [7, 11) is 0. The van der Waals surface area contributed by atoms with Gasteiger partial charge in [-0.2, -0.15) is 0 Å². The van der Waals surface area contributed by atoms with E-state index in [0.717, 1.165) is 10.9 Å². The Morgan fingerprint density at radius 1 is 1.05 bits per heavy atom. The van der Waals surface area contributed by atoms with E-state index >= 15 is 0 Å². The van der Waals surface area contributed by atoms with E-state index in [0.29, 0.717) is 16.7 Å². The van der Waals surface area contributed by atoms with E-state index in [2.05, 4.69) is 0 Å². The molecule has 1 N–H and O–H groups in total. The SMILES string of the molecule is O=C(O)Cc1ccc2cc(-c3ccccc3)c(=O)oc2c1. The van der Waals surface area contributed by atoms with Gasteiger partial charge < -0.3 is 9.52 Å². The normalized spacial score (nSPS) is 10.7. The molecule has 0 unspecified atom stereocenters. The average molecular weight is 280 g/mol. The van der Waals surface area contributed by atoms with Crippen LogP contribution in [0.2, 0.25) is 0 Å². The average Bonchev–Trinajstić information content (AvgIpc) is 2.46. The van der Waals surface area contributed by atoms with Gasteiger partial charge in [-0.05, 0) is 23.3 Å². The van der Waals surface area contributed by atoms with Gasteiger partial charge in [-0.1, -0.05) is 42.5 Å². The Morgan fingerprint density at radius 3 is 2.52 bits per heavy atom. The van der Waals surface area contributed by atoms with Crippen LogP contribution in [0.5, 0.6) is 0 Å². The second kappa shape index (κ2) is 5.25. The molecule has 0 aliphatic heterocycles. The molecule has 4 heteroatoms. The van der Waals surface area contributed by atoms with Gasteiger partial charge in [0.15, 0.2) is 0 Å². The molecule has 0 amide bonds. The molecule has 0 fully saturated rings. The van der Waals surface area contributed by atoms with Crippen LogP contribution in [0.4, 0.5) is 0 Å². The van der Waals surface area contributed by atoms with Gasteiger partial charge in [0.05, 0.1) is 12.0 Å². The maximum atomic E-state index is 12.1. The number of carboxylic acids is 1. The molecule has 0 aliphatic carbocycles. The predicted octanol–water partition coefficient (Wildman–Crippen LogP) is 3.09. The molecule has 0 atom stereocenters. The van der Waals surface area contributed by atoms with E-state index in [1.54, 1.807) is 24.3 Å². The number of rotatable bonds is 3. The summed E-state index contributed by atoms with van der Waals surface area (Å²) >= 11 is 0. The van der Waals surface area contributed by atoms with E-state index in [-0.39, 0.29) is 6.42 Å². The Bertz CT molecular complexity index is 863. The van der Waals surface area contributed by atoms with Gasteiger partial charge in [-0.25, -0.2) is 4.79 Å². The van der Waals surface area contributed by atoms with Gasteiger partial charge in [0.25, 0.3) is 0 Å². The van der Waals surface area contributed by atoms with Crippen molar-refractivity contribution in [3.05, 3.63) is 70.6 Å². The number of hydrogen-bond acceptors (Lipinski definition) is 3. The minimum absolute atomic E-state index is 0.0971. The van der Waals surface area contributed by atoms with Crippen molar-refractivity contribution in [1.29, 1.82) is 0 Å². The number of carboxylic acid groups (broad SMARTS) is 1. The maximum Gasteiger partial charge on any atom is 0.344 e. The molecule has 0 radical (unpaired) electrons. The fourth-order valence-electron chi connectivity index (χ4n) is 2.26. The number of benzene rings is 2. The summed E-state index contributed by atoms with van der Waals surface area (Å²) < 4.78 is 5.32. The lowest BCUT2D eigenvalue weighted by molar-refractivity contribution is -0.136. The van der Waals surface area contributed by atoms with Crippen molar-refractivity contribution in [3.63, 3.8) is 0 Å². The lowest BCUT2D eigenvalue weighted by atomic mass is 10.0. The van der Waals surface area contributed by atoms with Gasteiger partial charge in [0.2, 0.25) is 0 Å². The first kappa shape index (κ1) is 13.1. The molecule has 0 saturated carbocycles. The molecular weight excluding hydrogens is 268 g/mol. The van der Waals surface area contributed by atoms with E-state index < -0.39 is 11.6 Å². The molecule has 3 aromatic rings. The van der Waals surface area contributed by atoms with Gasteiger partial charge in [-0.3, -0.25) is 4.79 Å². The first-order valence-corrected chi connectivity index (χ1v) is 6.47. The van der Waals surface area contributed by atoms with Crippen molar-refractivity contribution in [2.75, 3.05) is 0 Å². The molecule has 104 valence electrons. The highest BCUT2D eigenvalue weighted by molar-refractivity contribution is 5.83. The number of aliphatic carboxylic acids is 1. The molecular formula is C17H12O4. The van der Waals surface area contributed by atoms with Crippen molar-refractivity contribution in [2.24, 2.45) is 0 Å². The second-order valence-electron chi connectivity index (χ2n) is 4.76. The zero-order chi connectivity index (χ0) is 14.8. The molecule has 1 aromatic heterocycles. The highest BCUT2D eigenvalue weighted by Crippen LogP contribution is 2.21. The van der Waals surface area contributed by atoms with Crippen molar-refractivity contribution < 1.29 is 14.3 Å². The lowest BCUT2D eigenvalue weighted by Crippen LogP contribution is -2.03. The standard InChI is InChI=1S/C17H12O4/c18-16(19)9-11-6-7-13-10-14(12-4-2-1-3-5-12)17(20)21-15(13)8-11/h1-8,10H,9H2,(H,18,19). The monoisotopic (exact) mass is 280 g/mol. The van der Waals surface area contributed by atoms with Crippen LogP contribution in [0.15, 0.2) is 63.8 Å². The molecule has 1 heterocycles. The first-order chi connectivity index (χ1) is 10.1. The van der Waals surface area contributed by atoms with Crippen LogP contribution in [-0.2, 0) is 11.2 Å². The fourth-order valence-corrected chi connectivity index (χ4v) is 2.26. The van der Waals surface area contributed by atoms with Gasteiger partial charge in [-0.15, -0.1) is 0 Å². The van der Waals surface area contributed by atoms with Crippen LogP contribution < -0.4 is 5.63 Å². The molecule has 0 aliphatic rings. The Hall–Kier alpha value is -2.88. The quantitative estimate of drug-likeness (QED) is 0.749. The third-order valence-corrected chi connectivity index (χ3v) is 3.24. The van der Waals surface area contributed by atoms with Crippen molar-refractivity contribution >= 4 is 16.9 Å². The van der Waals surface area contributed by atoms with Crippen LogP contribution in [0, 0.1) is 0 Å². The summed E-state index contributed by atoms with van der Waals surface area (Å²) in [6.45, 7) is 0. The van der Waals surface area contributed by atoms with Crippen molar-refractivity contribution in [2.45, 2.75) is 6.42 Å². The summed E-state index contributed by atoms with van der Waals surface area (Å²) in [6.07, 6.45) is -0.0971. The van der Waals surface area contributed by atoms with Crippen LogP contribution in [0.3, 0.4) is 0 Å². The zero-order valence-electron chi connectivity index (χ0n) is 11.1. The van der Waals surface area contributed by atoms with Crippen LogP contribution in [0.1, 0.15) is 5.56 Å². The Morgan fingerprint density at radius 2 is 1.81 bits per heavy atom. The molecule has 4 nitrogen and oxygen atoms in total. The van der Waals surface area contributed by atoms with E-state index in [9.17, 15) is 9.59 Å². The third kappa shape index (κ3) is 2.69. The summed E-state index contributed by atoms with van der Waals surface area (Å²) in [6, 6.07) is 16.1. The van der Waals surface area contributed by atoms with Crippen LogP contribution in [0.25, 0.3) is 22.1 Å². The minimum Gasteiger partial charge on any atom is -0.481 e. The summed E-state index contributed by atoms with van der Waals surface area (Å²) in [4.78, 5) is 22.8. The lowest BCUT2D eigenvalue weighted by Gasteiger charge is -2.04. The minimum atomic E-state index is -0.919. The van der Waals surface area contributed by atoms with E-state index in [1.165, 1.54) is 0 Å². The van der Waals surface area contributed by atoms with Crippen LogP contribution >= 0.6 is 0 Å². The summed E-state index contributed by atoms with van der Waals surface area (Å²) in [5, 5.41) is 9.56. The van der Waals surface area contributed by atoms with Crippen LogP contribution in [-0.4, -0.2) is 11.1 Å². The second-order valence-corrected chi connectivity index (χ2v) is 4.76. The molecule has 0 spiro atoms. The smallest absolute Gasteiger partial charge is 0.344 e. The molecule has 3 rings (SSSR count). The molecule has 0 saturated heterocycles. The van der Waals surface area contributed by atoms with Gasteiger partial charge >= 0.3 is 11.6 Å². The highest BCUT2D eigenvalue weighted by Gasteiger charge is 2.09. The predicted molar refractivity (Wildman–Crippen MR) is 79.3 cm³/mol. The Kier molecular flexibility index (Phi) is 3.28. The maximum absolute atomic E-state index is 12.1. The largest absolute Gasteiger partial charge is 0.481 e. The number of fused-ring (bicyclic) bond motifs is 1. The fraction of sp³-hybridized carbons (Fsp3) is 0.0588. The third-order valence-electron chi connectivity index (χ3n) is 3.24.